The SMILES string of the molecule is Cc1cccc(NCc2ccc(OCc3ccc(Cl)cc3)c(Cl)c2)c1C. The molecule has 0 unspecified atom stereocenters. The van der Waals surface area contributed by atoms with Gasteiger partial charge in [-0.05, 0) is 66.4 Å². The van der Waals surface area contributed by atoms with Crippen molar-refractivity contribution in [2.75, 3.05) is 5.32 Å². The fraction of sp³-hybridized carbons (Fsp3) is 0.182. The first-order chi connectivity index (χ1) is 12.5. The molecule has 0 aromatic heterocycles. The van der Waals surface area contributed by atoms with Gasteiger partial charge in [-0.15, -0.1) is 0 Å². The lowest BCUT2D eigenvalue weighted by atomic mass is 10.1. The summed E-state index contributed by atoms with van der Waals surface area (Å²) >= 11 is 12.3. The van der Waals surface area contributed by atoms with E-state index < -0.39 is 0 Å². The number of nitrogens with one attached hydrogen (secondary N) is 1. The van der Waals surface area contributed by atoms with Crippen LogP contribution in [0.3, 0.4) is 0 Å². The Morgan fingerprint density at radius 2 is 1.62 bits per heavy atom. The molecule has 4 heteroatoms. The Morgan fingerprint density at radius 3 is 2.35 bits per heavy atom. The number of hydrogen-bond acceptors (Lipinski definition) is 2. The average Bonchev–Trinajstić information content (AvgIpc) is 2.63. The molecule has 3 aromatic carbocycles. The van der Waals surface area contributed by atoms with Crippen LogP contribution in [0.4, 0.5) is 5.69 Å². The Balaban J connectivity index is 1.61. The number of ether oxygens (including phenoxy) is 1. The van der Waals surface area contributed by atoms with E-state index in [0.717, 1.165) is 16.8 Å². The van der Waals surface area contributed by atoms with Crippen molar-refractivity contribution in [1.29, 1.82) is 0 Å². The van der Waals surface area contributed by atoms with Crippen LogP contribution < -0.4 is 10.1 Å². The highest BCUT2D eigenvalue weighted by molar-refractivity contribution is 6.32. The van der Waals surface area contributed by atoms with Crippen molar-refractivity contribution >= 4 is 28.9 Å². The first-order valence-electron chi connectivity index (χ1n) is 8.48. The Hall–Kier alpha value is -2.16. The van der Waals surface area contributed by atoms with E-state index in [1.807, 2.05) is 42.5 Å². The monoisotopic (exact) mass is 385 g/mol. The highest BCUT2D eigenvalue weighted by Crippen LogP contribution is 2.27. The van der Waals surface area contributed by atoms with Gasteiger partial charge in [-0.25, -0.2) is 0 Å². The van der Waals surface area contributed by atoms with Crippen molar-refractivity contribution in [3.05, 3.63) is 93.0 Å². The second kappa shape index (κ2) is 8.48. The van der Waals surface area contributed by atoms with E-state index in [-0.39, 0.29) is 0 Å². The predicted molar refractivity (Wildman–Crippen MR) is 110 cm³/mol. The van der Waals surface area contributed by atoms with Crippen molar-refractivity contribution in [2.45, 2.75) is 27.0 Å². The van der Waals surface area contributed by atoms with E-state index in [9.17, 15) is 0 Å². The van der Waals surface area contributed by atoms with Crippen LogP contribution in [0.15, 0.2) is 60.7 Å². The van der Waals surface area contributed by atoms with Gasteiger partial charge >= 0.3 is 0 Å². The maximum absolute atomic E-state index is 6.39. The topological polar surface area (TPSA) is 21.3 Å². The molecule has 1 N–H and O–H groups in total. The van der Waals surface area contributed by atoms with E-state index in [0.29, 0.717) is 28.9 Å². The van der Waals surface area contributed by atoms with Gasteiger partial charge in [-0.3, -0.25) is 0 Å². The molecule has 0 aliphatic rings. The largest absolute Gasteiger partial charge is 0.487 e. The van der Waals surface area contributed by atoms with Crippen LogP contribution in [-0.4, -0.2) is 0 Å². The maximum atomic E-state index is 6.39. The fourth-order valence-corrected chi connectivity index (χ4v) is 3.04. The smallest absolute Gasteiger partial charge is 0.138 e. The van der Waals surface area contributed by atoms with E-state index in [2.05, 4.69) is 37.4 Å². The molecule has 3 rings (SSSR count). The van der Waals surface area contributed by atoms with Gasteiger partial charge in [-0.1, -0.05) is 53.5 Å². The molecule has 0 saturated heterocycles. The summed E-state index contributed by atoms with van der Waals surface area (Å²) in [7, 11) is 0. The Bertz CT molecular complexity index is 891. The molecule has 0 aliphatic carbocycles. The number of benzene rings is 3. The highest BCUT2D eigenvalue weighted by Gasteiger charge is 2.05. The Labute approximate surface area is 164 Å². The molecule has 2 nitrogen and oxygen atoms in total. The molecule has 26 heavy (non-hydrogen) atoms. The second-order valence-electron chi connectivity index (χ2n) is 6.28. The third-order valence-corrected chi connectivity index (χ3v) is 4.94. The molecule has 134 valence electrons. The molecule has 0 heterocycles. The Morgan fingerprint density at radius 1 is 0.885 bits per heavy atom. The average molecular weight is 386 g/mol. The highest BCUT2D eigenvalue weighted by atomic mass is 35.5. The first-order valence-corrected chi connectivity index (χ1v) is 9.24. The number of aryl methyl sites for hydroxylation is 1. The van der Waals surface area contributed by atoms with E-state index in [4.69, 9.17) is 27.9 Å². The lowest BCUT2D eigenvalue weighted by Gasteiger charge is -2.13. The van der Waals surface area contributed by atoms with Crippen LogP contribution >= 0.6 is 23.2 Å². The van der Waals surface area contributed by atoms with E-state index in [1.54, 1.807) is 0 Å². The van der Waals surface area contributed by atoms with Crippen molar-refractivity contribution in [3.8, 4) is 5.75 Å². The summed E-state index contributed by atoms with van der Waals surface area (Å²) in [6, 6.07) is 19.7. The van der Waals surface area contributed by atoms with Crippen LogP contribution in [0, 0.1) is 13.8 Å². The van der Waals surface area contributed by atoms with Crippen molar-refractivity contribution in [1.82, 2.24) is 0 Å². The van der Waals surface area contributed by atoms with Gasteiger partial charge in [0.15, 0.2) is 0 Å². The van der Waals surface area contributed by atoms with E-state index in [1.165, 1.54) is 11.1 Å². The molecule has 0 aliphatic heterocycles. The number of rotatable bonds is 6. The van der Waals surface area contributed by atoms with Crippen LogP contribution in [0.5, 0.6) is 5.75 Å². The molecule has 0 radical (unpaired) electrons. The molecule has 0 fully saturated rings. The fourth-order valence-electron chi connectivity index (χ4n) is 2.65. The minimum absolute atomic E-state index is 0.455. The quantitative estimate of drug-likeness (QED) is 0.503. The summed E-state index contributed by atoms with van der Waals surface area (Å²) in [6.07, 6.45) is 0. The number of hydrogen-bond donors (Lipinski definition) is 1. The van der Waals surface area contributed by atoms with Gasteiger partial charge in [0.05, 0.1) is 5.02 Å². The second-order valence-corrected chi connectivity index (χ2v) is 7.12. The zero-order valence-electron chi connectivity index (χ0n) is 14.9. The van der Waals surface area contributed by atoms with Crippen LogP contribution in [-0.2, 0) is 13.2 Å². The van der Waals surface area contributed by atoms with Crippen LogP contribution in [0.2, 0.25) is 10.0 Å². The predicted octanol–water partition coefficient (Wildman–Crippen LogP) is 6.80. The van der Waals surface area contributed by atoms with Gasteiger partial charge in [0.2, 0.25) is 0 Å². The van der Waals surface area contributed by atoms with Gasteiger partial charge in [0.25, 0.3) is 0 Å². The summed E-state index contributed by atoms with van der Waals surface area (Å²) in [6.45, 7) is 5.40. The standard InChI is InChI=1S/C22H21Cl2NO/c1-15-4-3-5-21(16(15)2)25-13-18-8-11-22(20(24)12-18)26-14-17-6-9-19(23)10-7-17/h3-12,25H,13-14H2,1-2H3. The molecular weight excluding hydrogens is 365 g/mol. The summed E-state index contributed by atoms with van der Waals surface area (Å²) in [5, 5.41) is 4.79. The first kappa shape index (κ1) is 18.6. The summed E-state index contributed by atoms with van der Waals surface area (Å²) in [5.41, 5.74) is 5.84. The van der Waals surface area contributed by atoms with Gasteiger partial charge < -0.3 is 10.1 Å². The maximum Gasteiger partial charge on any atom is 0.138 e. The summed E-state index contributed by atoms with van der Waals surface area (Å²) in [4.78, 5) is 0. The van der Waals surface area contributed by atoms with Crippen molar-refractivity contribution in [2.24, 2.45) is 0 Å². The van der Waals surface area contributed by atoms with E-state index >= 15 is 0 Å². The molecule has 0 atom stereocenters. The van der Waals surface area contributed by atoms with Crippen LogP contribution in [0.1, 0.15) is 22.3 Å². The zero-order valence-corrected chi connectivity index (χ0v) is 16.4. The number of anilines is 1. The van der Waals surface area contributed by atoms with Crippen molar-refractivity contribution < 1.29 is 4.74 Å². The van der Waals surface area contributed by atoms with Gasteiger partial charge in [-0.2, -0.15) is 0 Å². The zero-order chi connectivity index (χ0) is 18.5. The Kier molecular flexibility index (Phi) is 6.08. The molecule has 0 spiro atoms. The summed E-state index contributed by atoms with van der Waals surface area (Å²) < 4.78 is 5.82. The molecule has 0 saturated carbocycles. The minimum Gasteiger partial charge on any atom is -0.487 e. The third kappa shape index (κ3) is 4.72. The third-order valence-electron chi connectivity index (χ3n) is 4.39. The lowest BCUT2D eigenvalue weighted by molar-refractivity contribution is 0.306. The molecule has 3 aromatic rings. The minimum atomic E-state index is 0.455. The summed E-state index contributed by atoms with van der Waals surface area (Å²) in [5.74, 6) is 0.678. The lowest BCUT2D eigenvalue weighted by Crippen LogP contribution is -2.02. The molecular formula is C22H21Cl2NO. The van der Waals surface area contributed by atoms with Crippen molar-refractivity contribution in [3.63, 3.8) is 0 Å². The van der Waals surface area contributed by atoms with Gasteiger partial charge in [0, 0.05) is 17.3 Å². The number of halogens is 2. The molecule has 0 amide bonds. The van der Waals surface area contributed by atoms with Gasteiger partial charge in [0.1, 0.15) is 12.4 Å². The molecule has 0 bridgehead atoms. The normalized spacial score (nSPS) is 10.6. The van der Waals surface area contributed by atoms with Crippen LogP contribution in [0.25, 0.3) is 0 Å².